The van der Waals surface area contributed by atoms with E-state index in [4.69, 9.17) is 11.5 Å². The van der Waals surface area contributed by atoms with E-state index in [2.05, 4.69) is 144 Å². The van der Waals surface area contributed by atoms with E-state index in [1.807, 2.05) is 38.2 Å². The van der Waals surface area contributed by atoms with Gasteiger partial charge in [-0.25, -0.2) is 0 Å². The minimum atomic E-state index is 0.839. The summed E-state index contributed by atoms with van der Waals surface area (Å²) in [5.74, 6) is 0. The van der Waals surface area contributed by atoms with Crippen LogP contribution in [0.4, 0.5) is 0 Å². The van der Waals surface area contributed by atoms with E-state index in [-0.39, 0.29) is 0 Å². The van der Waals surface area contributed by atoms with E-state index in [1.54, 1.807) is 12.4 Å². The molecule has 1 heterocycles. The average Bonchev–Trinajstić information content (AvgIpc) is 3.50. The Hall–Kier alpha value is -6.06. The molecule has 0 atom stereocenters. The molecule has 236 valence electrons. The van der Waals surface area contributed by atoms with Crippen LogP contribution in [0.3, 0.4) is 0 Å². The second kappa shape index (κ2) is 15.0. The molecular formula is C45H41N3. The lowest BCUT2D eigenvalue weighted by Gasteiger charge is -2.11. The van der Waals surface area contributed by atoms with Crippen LogP contribution in [0.25, 0.3) is 60.5 Å². The third-order valence-electron chi connectivity index (χ3n) is 8.56. The molecule has 0 aliphatic carbocycles. The molecule has 0 aliphatic rings. The highest BCUT2D eigenvalue weighted by atomic mass is 15.0. The molecule has 0 aliphatic heterocycles. The number of hydrogen-bond acceptors (Lipinski definition) is 2. The smallest absolute Gasteiger partial charge is 0.0619 e. The van der Waals surface area contributed by atoms with Crippen molar-refractivity contribution < 1.29 is 0 Å². The van der Waals surface area contributed by atoms with Crippen LogP contribution in [0.5, 0.6) is 0 Å². The highest BCUT2D eigenvalue weighted by molar-refractivity contribution is 6.19. The maximum absolute atomic E-state index is 5.42. The molecule has 4 N–H and O–H groups in total. The first kappa shape index (κ1) is 31.9. The number of aromatic nitrogens is 1. The van der Waals surface area contributed by atoms with E-state index in [0.717, 1.165) is 17.6 Å². The largest absolute Gasteiger partial charge is 0.404 e. The van der Waals surface area contributed by atoms with Crippen molar-refractivity contribution in [1.29, 1.82) is 0 Å². The highest BCUT2D eigenvalue weighted by Crippen LogP contribution is 2.38. The molecule has 1 aromatic heterocycles. The van der Waals surface area contributed by atoms with Gasteiger partial charge in [-0.1, -0.05) is 133 Å². The van der Waals surface area contributed by atoms with Gasteiger partial charge in [-0.3, -0.25) is 0 Å². The van der Waals surface area contributed by atoms with Crippen LogP contribution >= 0.6 is 0 Å². The number of nitrogens with two attached hydrogens (primary N) is 2. The maximum atomic E-state index is 5.42. The number of nitrogens with zero attached hydrogens (tertiary/aromatic N) is 1. The van der Waals surface area contributed by atoms with Gasteiger partial charge in [-0.05, 0) is 102 Å². The Morgan fingerprint density at radius 3 is 1.96 bits per heavy atom. The summed E-state index contributed by atoms with van der Waals surface area (Å²) in [4.78, 5) is 0. The van der Waals surface area contributed by atoms with Gasteiger partial charge in [0.15, 0.2) is 0 Å². The summed E-state index contributed by atoms with van der Waals surface area (Å²) in [6, 6.07) is 50.2. The Morgan fingerprint density at radius 2 is 1.23 bits per heavy atom. The summed E-state index contributed by atoms with van der Waals surface area (Å²) < 4.78 is 2.41. The second-order valence-corrected chi connectivity index (χ2v) is 11.8. The first-order valence-corrected chi connectivity index (χ1v) is 16.4. The van der Waals surface area contributed by atoms with Gasteiger partial charge in [-0.2, -0.15) is 0 Å². The van der Waals surface area contributed by atoms with Crippen LogP contribution in [-0.2, 0) is 0 Å². The molecule has 0 amide bonds. The first-order chi connectivity index (χ1) is 23.6. The normalized spacial score (nSPS) is 12.3. The number of allylic oxidation sites excluding steroid dienone is 6. The molecule has 0 spiro atoms. The maximum Gasteiger partial charge on any atom is 0.0619 e. The number of fused-ring (bicyclic) bond motifs is 5. The van der Waals surface area contributed by atoms with Gasteiger partial charge in [0.05, 0.1) is 11.0 Å². The van der Waals surface area contributed by atoms with Gasteiger partial charge in [0.25, 0.3) is 0 Å². The van der Waals surface area contributed by atoms with Crippen molar-refractivity contribution in [2.75, 3.05) is 0 Å². The summed E-state index contributed by atoms with van der Waals surface area (Å²) in [7, 11) is 0. The van der Waals surface area contributed by atoms with Crippen molar-refractivity contribution in [1.82, 2.24) is 4.57 Å². The monoisotopic (exact) mass is 623 g/mol. The molecule has 6 aromatic carbocycles. The van der Waals surface area contributed by atoms with Gasteiger partial charge in [-0.15, -0.1) is 0 Å². The zero-order valence-electron chi connectivity index (χ0n) is 27.6. The predicted octanol–water partition coefficient (Wildman–Crippen LogP) is 11.5. The molecule has 7 rings (SSSR count). The summed E-state index contributed by atoms with van der Waals surface area (Å²) in [5, 5.41) is 5.09. The Bertz CT molecular complexity index is 2280. The fraction of sp³-hybridized carbons (Fsp3) is 0.0667. The molecular weight excluding hydrogens is 583 g/mol. The van der Waals surface area contributed by atoms with Crippen LogP contribution < -0.4 is 11.5 Å². The third kappa shape index (κ3) is 6.86. The fourth-order valence-electron chi connectivity index (χ4n) is 6.16. The van der Waals surface area contributed by atoms with Gasteiger partial charge in [0, 0.05) is 21.8 Å². The van der Waals surface area contributed by atoms with E-state index < -0.39 is 0 Å². The zero-order valence-corrected chi connectivity index (χ0v) is 27.6. The molecule has 0 saturated heterocycles. The second-order valence-electron chi connectivity index (χ2n) is 11.8. The molecule has 7 aromatic rings. The minimum absolute atomic E-state index is 0.839. The topological polar surface area (TPSA) is 57.0 Å². The number of para-hydroxylation sites is 2. The van der Waals surface area contributed by atoms with Crippen molar-refractivity contribution in [3.63, 3.8) is 0 Å². The third-order valence-corrected chi connectivity index (χ3v) is 8.56. The standard InChI is InChI=1S/C34H23N.C11H18N2/c1-3-10-24(11-4-1)25-12-9-13-26(22-25)27-18-20-30-28(23-27)19-21-32-31-16-7-8-17-33(31)35(34(30)32)29-14-5-2-6-15-29;1-3-5-11(9-13)7-4-6-10(2)8-12/h1-23H;3-6,8-9H,7,12-13H2,1-2H3/b;5-3-,6-4-,10-8-,11-9+. The highest BCUT2D eigenvalue weighted by Gasteiger charge is 2.15. The lowest BCUT2D eigenvalue weighted by Crippen LogP contribution is -1.94. The zero-order chi connectivity index (χ0) is 33.3. The Labute approximate surface area is 283 Å². The van der Waals surface area contributed by atoms with Crippen molar-refractivity contribution in [2.45, 2.75) is 20.3 Å². The molecule has 0 unspecified atom stereocenters. The van der Waals surface area contributed by atoms with Crippen molar-refractivity contribution >= 4 is 32.6 Å². The van der Waals surface area contributed by atoms with E-state index >= 15 is 0 Å². The van der Waals surface area contributed by atoms with Gasteiger partial charge >= 0.3 is 0 Å². The minimum Gasteiger partial charge on any atom is -0.404 e. The van der Waals surface area contributed by atoms with Crippen LogP contribution in [0.1, 0.15) is 20.3 Å². The van der Waals surface area contributed by atoms with Gasteiger partial charge < -0.3 is 16.0 Å². The van der Waals surface area contributed by atoms with Gasteiger partial charge in [0.1, 0.15) is 0 Å². The Morgan fingerprint density at radius 1 is 0.583 bits per heavy atom. The van der Waals surface area contributed by atoms with E-state index in [0.29, 0.717) is 0 Å². The van der Waals surface area contributed by atoms with Crippen LogP contribution in [-0.4, -0.2) is 4.57 Å². The molecule has 3 heteroatoms. The van der Waals surface area contributed by atoms with Crippen LogP contribution in [0.15, 0.2) is 187 Å². The number of benzene rings is 6. The average molecular weight is 624 g/mol. The first-order valence-electron chi connectivity index (χ1n) is 16.4. The SMILES string of the molecule is C/C=C\C(=C/N)C/C=C\C(C)=C/N.c1ccc(-c2cccc(-c3ccc4c(ccc5c6ccccc6n(-c6ccccc6)c45)c3)c2)cc1. The molecule has 0 bridgehead atoms. The Balaban J connectivity index is 0.000000265. The van der Waals surface area contributed by atoms with Crippen LogP contribution in [0.2, 0.25) is 0 Å². The summed E-state index contributed by atoms with van der Waals surface area (Å²) in [6.07, 6.45) is 12.0. The molecule has 0 saturated carbocycles. The summed E-state index contributed by atoms with van der Waals surface area (Å²) in [6.45, 7) is 3.93. The van der Waals surface area contributed by atoms with Crippen LogP contribution in [0, 0.1) is 0 Å². The predicted molar refractivity (Wildman–Crippen MR) is 208 cm³/mol. The number of hydrogen-bond donors (Lipinski definition) is 2. The Kier molecular flexibility index (Phi) is 9.98. The molecule has 0 radical (unpaired) electrons. The van der Waals surface area contributed by atoms with Gasteiger partial charge in [0.2, 0.25) is 0 Å². The van der Waals surface area contributed by atoms with E-state index in [9.17, 15) is 0 Å². The molecule has 0 fully saturated rings. The quantitative estimate of drug-likeness (QED) is 0.174. The summed E-state index contributed by atoms with van der Waals surface area (Å²) >= 11 is 0. The lowest BCUT2D eigenvalue weighted by molar-refractivity contribution is 1.19. The lowest BCUT2D eigenvalue weighted by atomic mass is 9.96. The summed E-state index contributed by atoms with van der Waals surface area (Å²) in [5.41, 5.74) is 21.5. The van der Waals surface area contributed by atoms with Crippen molar-refractivity contribution in [3.05, 3.63) is 187 Å². The van der Waals surface area contributed by atoms with Crippen molar-refractivity contribution in [2.24, 2.45) is 11.5 Å². The number of rotatable bonds is 7. The van der Waals surface area contributed by atoms with Crippen molar-refractivity contribution in [3.8, 4) is 27.9 Å². The fourth-order valence-corrected chi connectivity index (χ4v) is 6.16. The van der Waals surface area contributed by atoms with E-state index in [1.165, 1.54) is 60.5 Å². The molecule has 48 heavy (non-hydrogen) atoms. The molecule has 3 nitrogen and oxygen atoms in total.